The van der Waals surface area contributed by atoms with E-state index in [1.54, 1.807) is 12.2 Å². The van der Waals surface area contributed by atoms with Gasteiger partial charge >= 0.3 is 12.4 Å². The fourth-order valence-corrected chi connectivity index (χ4v) is 4.67. The molecule has 3 rings (SSSR count). The fraction of sp³-hybridized carbons (Fsp3) is 0.407. The lowest BCUT2D eigenvalue weighted by molar-refractivity contribution is -0.275. The molecule has 0 fully saturated rings. The second-order valence-corrected chi connectivity index (χ2v) is 10.4. The summed E-state index contributed by atoms with van der Waals surface area (Å²) >= 11 is 11.4. The van der Waals surface area contributed by atoms with Crippen molar-refractivity contribution in [2.24, 2.45) is 5.16 Å². The van der Waals surface area contributed by atoms with Crippen LogP contribution in [0.2, 0.25) is 10.0 Å². The quantitative estimate of drug-likeness (QED) is 0.187. The Morgan fingerprint density at radius 1 is 1.09 bits per heavy atom. The van der Waals surface area contributed by atoms with Crippen molar-refractivity contribution >= 4 is 46.6 Å². The first kappa shape index (κ1) is 35.1. The largest absolute Gasteiger partial charge is 0.435 e. The van der Waals surface area contributed by atoms with Crippen LogP contribution in [0.15, 0.2) is 35.5 Å². The van der Waals surface area contributed by atoms with Crippen molar-refractivity contribution in [2.75, 3.05) is 26.3 Å². The van der Waals surface area contributed by atoms with Gasteiger partial charge in [0.15, 0.2) is 5.82 Å². The van der Waals surface area contributed by atoms with Gasteiger partial charge in [0.05, 0.1) is 28.8 Å². The first-order valence-corrected chi connectivity index (χ1v) is 13.5. The number of amides is 3. The monoisotopic (exact) mass is 673 g/mol. The topological polar surface area (TPSA) is 97.3 Å². The lowest BCUT2D eigenvalue weighted by Crippen LogP contribution is -2.46. The molecule has 1 atom stereocenters. The van der Waals surface area contributed by atoms with Crippen LogP contribution in [0, 0.1) is 12.7 Å². The molecule has 0 saturated heterocycles. The average Bonchev–Trinajstić information content (AvgIpc) is 3.40. The Labute approximate surface area is 256 Å². The first-order valence-electron chi connectivity index (χ1n) is 12.7. The smallest absolute Gasteiger partial charge is 0.381 e. The first-order chi connectivity index (χ1) is 20.4. The van der Waals surface area contributed by atoms with Crippen molar-refractivity contribution in [3.8, 4) is 0 Å². The molecule has 2 aromatic rings. The fourth-order valence-electron chi connectivity index (χ4n) is 4.19. The van der Waals surface area contributed by atoms with E-state index < -0.39 is 76.6 Å². The Balaban J connectivity index is 1.89. The van der Waals surface area contributed by atoms with Crippen LogP contribution in [0.1, 0.15) is 46.8 Å². The van der Waals surface area contributed by atoms with Crippen LogP contribution < -0.4 is 5.32 Å². The summed E-state index contributed by atoms with van der Waals surface area (Å²) in [6.45, 7) is 0.416. The van der Waals surface area contributed by atoms with Crippen molar-refractivity contribution in [2.45, 2.75) is 44.6 Å². The number of rotatable bonds is 10. The number of carbonyl (C=O) groups excluding carboxylic acids is 3. The molecule has 1 N–H and O–H groups in total. The van der Waals surface area contributed by atoms with Crippen LogP contribution in [0.25, 0.3) is 0 Å². The molecule has 0 aliphatic carbocycles. The van der Waals surface area contributed by atoms with Gasteiger partial charge < -0.3 is 14.9 Å². The van der Waals surface area contributed by atoms with Crippen molar-refractivity contribution in [3.05, 3.63) is 68.4 Å². The van der Waals surface area contributed by atoms with Crippen LogP contribution in [0.3, 0.4) is 0 Å². The number of alkyl halides is 6. The van der Waals surface area contributed by atoms with Gasteiger partial charge in [-0.3, -0.25) is 19.3 Å². The zero-order valence-electron chi connectivity index (χ0n) is 23.0. The zero-order valence-corrected chi connectivity index (χ0v) is 24.5. The summed E-state index contributed by atoms with van der Waals surface area (Å²) in [5.74, 6) is -4.32. The molecule has 8 nitrogen and oxygen atoms in total. The van der Waals surface area contributed by atoms with E-state index in [1.807, 2.05) is 0 Å². The minimum atomic E-state index is -5.07. The van der Waals surface area contributed by atoms with Gasteiger partial charge in [0.1, 0.15) is 13.1 Å². The number of carbonyl (C=O) groups is 3. The van der Waals surface area contributed by atoms with E-state index in [9.17, 15) is 45.1 Å². The van der Waals surface area contributed by atoms with Gasteiger partial charge in [0.25, 0.3) is 11.5 Å². The van der Waals surface area contributed by atoms with Crippen LogP contribution >= 0.6 is 23.2 Å². The highest BCUT2D eigenvalue weighted by atomic mass is 35.5. The third-order valence-corrected chi connectivity index (χ3v) is 6.97. The molecule has 1 heterocycles. The van der Waals surface area contributed by atoms with E-state index in [0.29, 0.717) is 4.90 Å². The van der Waals surface area contributed by atoms with Gasteiger partial charge in [-0.1, -0.05) is 34.4 Å². The van der Waals surface area contributed by atoms with Crippen LogP contribution in [-0.4, -0.2) is 67.0 Å². The third kappa shape index (κ3) is 7.99. The number of hydrogen-bond donors (Lipinski definition) is 1. The molecule has 0 spiro atoms. The summed E-state index contributed by atoms with van der Waals surface area (Å²) in [4.78, 5) is 43.6. The molecule has 17 heteroatoms. The number of halogens is 9. The van der Waals surface area contributed by atoms with Crippen molar-refractivity contribution in [1.82, 2.24) is 10.2 Å². The number of benzene rings is 2. The normalized spacial score (nSPS) is 16.8. The number of imide groups is 1. The van der Waals surface area contributed by atoms with Gasteiger partial charge in [-0.2, -0.15) is 26.3 Å². The number of oxime groups is 1. The number of nitrogens with zero attached hydrogens (tertiary/aromatic N) is 2. The van der Waals surface area contributed by atoms with Crippen molar-refractivity contribution in [1.29, 1.82) is 0 Å². The summed E-state index contributed by atoms with van der Waals surface area (Å²) in [6, 6.07) is 5.10. The van der Waals surface area contributed by atoms with Gasteiger partial charge in [-0.05, 0) is 49.2 Å². The van der Waals surface area contributed by atoms with E-state index in [4.69, 9.17) is 32.8 Å². The molecule has 0 bridgehead atoms. The zero-order chi connectivity index (χ0) is 33.0. The highest BCUT2D eigenvalue weighted by molar-refractivity contribution is 6.35. The molecule has 240 valence electrons. The maximum atomic E-state index is 14.3. The van der Waals surface area contributed by atoms with Crippen LogP contribution in [0.4, 0.5) is 30.7 Å². The maximum Gasteiger partial charge on any atom is 0.435 e. The Hall–Kier alpha value is -3.43. The van der Waals surface area contributed by atoms with E-state index in [-0.39, 0.29) is 42.0 Å². The van der Waals surface area contributed by atoms with Crippen molar-refractivity contribution < 1.29 is 54.7 Å². The SMILES string of the molecule is CCOCCC(=O)N(CC(=O)NCC(F)(F)F)C(=O)c1ccc(C2=NOC(c3cc(Cl)c(F)c(Cl)c3)(C(F)(F)F)C2)cc1C. The Kier molecular flexibility index (Phi) is 10.9. The van der Waals surface area contributed by atoms with E-state index in [0.717, 1.165) is 18.2 Å². The van der Waals surface area contributed by atoms with Crippen LogP contribution in [-0.2, 0) is 24.8 Å². The minimum absolute atomic E-state index is 0.0848. The van der Waals surface area contributed by atoms with E-state index in [2.05, 4.69) is 5.16 Å². The van der Waals surface area contributed by atoms with Gasteiger partial charge in [0, 0.05) is 24.2 Å². The Morgan fingerprint density at radius 3 is 2.27 bits per heavy atom. The maximum absolute atomic E-state index is 14.3. The molecule has 0 aromatic heterocycles. The lowest BCUT2D eigenvalue weighted by atomic mass is 9.86. The summed E-state index contributed by atoms with van der Waals surface area (Å²) in [5.41, 5.74) is -3.83. The molecule has 1 aliphatic heterocycles. The standard InChI is InChI=1S/C27H24Cl2F7N3O5/c1-3-43-7-6-22(41)39(12-21(40)37-13-26(31,32)33)24(42)17-5-4-15(8-14(17)2)20-11-25(44-38-20,27(34,35)36)16-9-18(28)23(30)19(29)10-16/h4-5,8-10H,3,6-7,11-13H2,1-2H3,(H,37,40). The second-order valence-electron chi connectivity index (χ2n) is 9.54. The number of ether oxygens (including phenoxy) is 1. The lowest BCUT2D eigenvalue weighted by Gasteiger charge is -2.29. The molecular formula is C27H24Cl2F7N3O5. The van der Waals surface area contributed by atoms with E-state index in [1.165, 1.54) is 19.1 Å². The number of aryl methyl sites for hydroxylation is 1. The predicted octanol–water partition coefficient (Wildman–Crippen LogP) is 6.10. The molecule has 1 aliphatic rings. The summed E-state index contributed by atoms with van der Waals surface area (Å²) < 4.78 is 99.6. The Bertz CT molecular complexity index is 1440. The number of hydrogen-bond acceptors (Lipinski definition) is 6. The van der Waals surface area contributed by atoms with Gasteiger partial charge in [-0.15, -0.1) is 0 Å². The molecule has 1 unspecified atom stereocenters. The third-order valence-electron chi connectivity index (χ3n) is 6.42. The minimum Gasteiger partial charge on any atom is -0.381 e. The van der Waals surface area contributed by atoms with Crippen molar-refractivity contribution in [3.63, 3.8) is 0 Å². The Morgan fingerprint density at radius 2 is 1.73 bits per heavy atom. The van der Waals surface area contributed by atoms with E-state index >= 15 is 0 Å². The average molecular weight is 674 g/mol. The summed E-state index contributed by atoms with van der Waals surface area (Å²) in [5, 5.41) is 3.84. The van der Waals surface area contributed by atoms with Gasteiger partial charge in [0.2, 0.25) is 11.8 Å². The summed E-state index contributed by atoms with van der Waals surface area (Å²) in [7, 11) is 0. The summed E-state index contributed by atoms with van der Waals surface area (Å²) in [6.07, 6.45) is -11.1. The van der Waals surface area contributed by atoms with Crippen LogP contribution in [0.5, 0.6) is 0 Å². The van der Waals surface area contributed by atoms with Gasteiger partial charge in [-0.25, -0.2) is 4.39 Å². The molecular weight excluding hydrogens is 650 g/mol. The predicted molar refractivity (Wildman–Crippen MR) is 144 cm³/mol. The molecule has 44 heavy (non-hydrogen) atoms. The highest BCUT2D eigenvalue weighted by Gasteiger charge is 2.62. The molecule has 2 aromatic carbocycles. The second kappa shape index (κ2) is 13.7. The molecule has 3 amide bonds. The highest BCUT2D eigenvalue weighted by Crippen LogP contribution is 2.50. The molecule has 0 radical (unpaired) electrons. The number of nitrogens with one attached hydrogen (secondary N) is 1. The molecule has 0 saturated carbocycles.